The molecule has 1 aromatic carbocycles. The molecule has 1 amide bonds. The van der Waals surface area contributed by atoms with Gasteiger partial charge in [0.1, 0.15) is 10.7 Å². The third-order valence-electron chi connectivity index (χ3n) is 2.76. The molecule has 21 heavy (non-hydrogen) atoms. The number of carbonyl (C=O) groups is 2. The summed E-state index contributed by atoms with van der Waals surface area (Å²) in [6.07, 6.45) is 0. The van der Waals surface area contributed by atoms with E-state index in [1.54, 1.807) is 18.2 Å². The molecule has 0 aliphatic heterocycles. The van der Waals surface area contributed by atoms with Crippen molar-refractivity contribution in [3.63, 3.8) is 0 Å². The predicted octanol–water partition coefficient (Wildman–Crippen LogP) is 4.05. The minimum absolute atomic E-state index is 0.156. The first-order valence-electron chi connectivity index (χ1n) is 5.86. The SMILES string of the molecule is O=C(O)c1ccc(NC(=O)c2cc3cc(F)ccc3s2)s1. The van der Waals surface area contributed by atoms with Crippen LogP contribution in [0.4, 0.5) is 9.39 Å². The topological polar surface area (TPSA) is 66.4 Å². The first-order chi connectivity index (χ1) is 10.0. The predicted molar refractivity (Wildman–Crippen MR) is 81.0 cm³/mol. The van der Waals surface area contributed by atoms with Gasteiger partial charge in [-0.1, -0.05) is 0 Å². The van der Waals surface area contributed by atoms with Gasteiger partial charge in [0.2, 0.25) is 0 Å². The largest absolute Gasteiger partial charge is 0.477 e. The van der Waals surface area contributed by atoms with Crippen molar-refractivity contribution in [2.24, 2.45) is 0 Å². The second-order valence-corrected chi connectivity index (χ2v) is 6.38. The Hall–Kier alpha value is -2.25. The van der Waals surface area contributed by atoms with Gasteiger partial charge in [-0.25, -0.2) is 9.18 Å². The summed E-state index contributed by atoms with van der Waals surface area (Å²) in [5.41, 5.74) is 0. The molecule has 3 aromatic rings. The fourth-order valence-electron chi connectivity index (χ4n) is 1.82. The Kier molecular flexibility index (Phi) is 3.44. The van der Waals surface area contributed by atoms with Crippen LogP contribution in [0.5, 0.6) is 0 Å². The quantitative estimate of drug-likeness (QED) is 0.764. The number of carboxylic acid groups (broad SMARTS) is 1. The van der Waals surface area contributed by atoms with E-state index in [9.17, 15) is 14.0 Å². The van der Waals surface area contributed by atoms with E-state index in [2.05, 4.69) is 5.32 Å². The summed E-state index contributed by atoms with van der Waals surface area (Å²) >= 11 is 2.24. The standard InChI is InChI=1S/C14H8FNO3S2/c15-8-1-2-9-7(5-8)6-11(20-9)13(17)16-12-4-3-10(21-12)14(18)19/h1-6H,(H,16,17)(H,18,19). The van der Waals surface area contributed by atoms with E-state index >= 15 is 0 Å². The molecule has 0 bridgehead atoms. The van der Waals surface area contributed by atoms with Crippen LogP contribution in [0.15, 0.2) is 36.4 Å². The maximum atomic E-state index is 13.1. The normalized spacial score (nSPS) is 10.7. The average Bonchev–Trinajstić information content (AvgIpc) is 3.04. The molecule has 0 unspecified atom stereocenters. The third-order valence-corrected chi connectivity index (χ3v) is 4.86. The van der Waals surface area contributed by atoms with Gasteiger partial charge in [0, 0.05) is 4.70 Å². The monoisotopic (exact) mass is 321 g/mol. The van der Waals surface area contributed by atoms with Gasteiger partial charge >= 0.3 is 5.97 Å². The maximum absolute atomic E-state index is 13.1. The summed E-state index contributed by atoms with van der Waals surface area (Å²) in [5, 5.41) is 12.6. The van der Waals surface area contributed by atoms with Gasteiger partial charge in [0.05, 0.1) is 9.88 Å². The van der Waals surface area contributed by atoms with Gasteiger partial charge in [-0.05, 0) is 41.8 Å². The first-order valence-corrected chi connectivity index (χ1v) is 7.50. The molecule has 0 fully saturated rings. The number of benzene rings is 1. The number of nitrogens with one attached hydrogen (secondary N) is 1. The van der Waals surface area contributed by atoms with Crippen molar-refractivity contribution in [2.75, 3.05) is 5.32 Å². The molecule has 2 N–H and O–H groups in total. The van der Waals surface area contributed by atoms with Gasteiger partial charge in [0.25, 0.3) is 5.91 Å². The van der Waals surface area contributed by atoms with Crippen molar-refractivity contribution in [3.05, 3.63) is 52.0 Å². The van der Waals surface area contributed by atoms with Gasteiger partial charge in [0.15, 0.2) is 0 Å². The molecule has 0 spiro atoms. The minimum Gasteiger partial charge on any atom is -0.477 e. The molecule has 4 nitrogen and oxygen atoms in total. The second-order valence-electron chi connectivity index (χ2n) is 4.22. The van der Waals surface area contributed by atoms with Crippen molar-refractivity contribution < 1.29 is 19.1 Å². The molecule has 2 heterocycles. The van der Waals surface area contributed by atoms with Crippen LogP contribution < -0.4 is 5.32 Å². The van der Waals surface area contributed by atoms with E-state index in [4.69, 9.17) is 5.11 Å². The van der Waals surface area contributed by atoms with Crippen molar-refractivity contribution in [1.29, 1.82) is 0 Å². The van der Waals surface area contributed by atoms with Crippen molar-refractivity contribution in [1.82, 2.24) is 0 Å². The van der Waals surface area contributed by atoms with Crippen LogP contribution in [0.3, 0.4) is 0 Å². The van der Waals surface area contributed by atoms with Crippen molar-refractivity contribution >= 4 is 49.6 Å². The highest BCUT2D eigenvalue weighted by Gasteiger charge is 2.13. The number of aromatic carboxylic acids is 1. The zero-order chi connectivity index (χ0) is 15.0. The van der Waals surface area contributed by atoms with Gasteiger partial charge < -0.3 is 10.4 Å². The number of carboxylic acids is 1. The first kappa shape index (κ1) is 13.7. The minimum atomic E-state index is -1.03. The summed E-state index contributed by atoms with van der Waals surface area (Å²) in [6, 6.07) is 8.93. The zero-order valence-corrected chi connectivity index (χ0v) is 12.1. The Morgan fingerprint density at radius 3 is 2.57 bits per heavy atom. The average molecular weight is 321 g/mol. The number of carbonyl (C=O) groups excluding carboxylic acids is 1. The van der Waals surface area contributed by atoms with Crippen molar-refractivity contribution in [3.8, 4) is 0 Å². The highest BCUT2D eigenvalue weighted by Crippen LogP contribution is 2.28. The summed E-state index contributed by atoms with van der Waals surface area (Å²) < 4.78 is 13.9. The molecule has 0 aliphatic rings. The molecule has 0 radical (unpaired) electrons. The fourth-order valence-corrected chi connectivity index (χ4v) is 3.50. The summed E-state index contributed by atoms with van der Waals surface area (Å²) in [6.45, 7) is 0. The molecule has 2 aromatic heterocycles. The van der Waals surface area contributed by atoms with Crippen LogP contribution in [0.1, 0.15) is 19.3 Å². The Labute approximate surface area is 126 Å². The van der Waals surface area contributed by atoms with E-state index in [0.717, 1.165) is 16.0 Å². The van der Waals surface area contributed by atoms with E-state index in [-0.39, 0.29) is 16.6 Å². The van der Waals surface area contributed by atoms with E-state index in [0.29, 0.717) is 15.3 Å². The third kappa shape index (κ3) is 2.79. The van der Waals surface area contributed by atoms with E-state index in [1.165, 1.54) is 29.5 Å². The summed E-state index contributed by atoms with van der Waals surface area (Å²) in [4.78, 5) is 23.5. The number of halogens is 1. The van der Waals surface area contributed by atoms with Crippen molar-refractivity contribution in [2.45, 2.75) is 0 Å². The Morgan fingerprint density at radius 2 is 1.86 bits per heavy atom. The highest BCUT2D eigenvalue weighted by molar-refractivity contribution is 7.21. The lowest BCUT2D eigenvalue weighted by atomic mass is 10.2. The Bertz CT molecular complexity index is 853. The van der Waals surface area contributed by atoms with Crippen LogP contribution in [0.25, 0.3) is 10.1 Å². The number of hydrogen-bond donors (Lipinski definition) is 2. The Balaban J connectivity index is 1.84. The lowest BCUT2D eigenvalue weighted by Crippen LogP contribution is -2.08. The van der Waals surface area contributed by atoms with Crippen LogP contribution >= 0.6 is 22.7 Å². The highest BCUT2D eigenvalue weighted by atomic mass is 32.1. The lowest BCUT2D eigenvalue weighted by Gasteiger charge is -1.98. The number of amides is 1. The van der Waals surface area contributed by atoms with Crippen LogP contribution in [0, 0.1) is 5.82 Å². The molecular weight excluding hydrogens is 313 g/mol. The molecule has 106 valence electrons. The van der Waals surface area contributed by atoms with Gasteiger partial charge in [-0.3, -0.25) is 4.79 Å². The molecule has 0 atom stereocenters. The molecule has 0 aliphatic carbocycles. The smallest absolute Gasteiger partial charge is 0.345 e. The van der Waals surface area contributed by atoms with E-state index < -0.39 is 5.97 Å². The molecule has 3 rings (SSSR count). The van der Waals surface area contributed by atoms with Gasteiger partial charge in [-0.2, -0.15) is 0 Å². The molecule has 0 saturated heterocycles. The van der Waals surface area contributed by atoms with E-state index in [1.807, 2.05) is 0 Å². The van der Waals surface area contributed by atoms with Gasteiger partial charge in [-0.15, -0.1) is 22.7 Å². The molecule has 0 saturated carbocycles. The van der Waals surface area contributed by atoms with Crippen LogP contribution in [-0.2, 0) is 0 Å². The summed E-state index contributed by atoms with van der Waals surface area (Å²) in [7, 11) is 0. The number of hydrogen-bond acceptors (Lipinski definition) is 4. The van der Waals surface area contributed by atoms with Crippen LogP contribution in [-0.4, -0.2) is 17.0 Å². The lowest BCUT2D eigenvalue weighted by molar-refractivity contribution is 0.0702. The fraction of sp³-hybridized carbons (Fsp3) is 0. The number of fused-ring (bicyclic) bond motifs is 1. The second kappa shape index (κ2) is 5.27. The van der Waals surface area contributed by atoms with Crippen LogP contribution in [0.2, 0.25) is 0 Å². The molecular formula is C14H8FNO3S2. The zero-order valence-electron chi connectivity index (χ0n) is 10.4. The maximum Gasteiger partial charge on any atom is 0.345 e. The number of rotatable bonds is 3. The molecule has 7 heteroatoms. The number of thiophene rings is 2. The number of anilines is 1. The summed E-state index contributed by atoms with van der Waals surface area (Å²) in [5.74, 6) is -1.72. The Morgan fingerprint density at radius 1 is 1.05 bits per heavy atom.